The van der Waals surface area contributed by atoms with E-state index in [0.717, 1.165) is 23.3 Å². The lowest BCUT2D eigenvalue weighted by Crippen LogP contribution is -2.42. The highest BCUT2D eigenvalue weighted by molar-refractivity contribution is 7.10. The molecule has 212 valence electrons. The lowest BCUT2D eigenvalue weighted by Gasteiger charge is -2.38. The largest absolute Gasteiger partial charge is 0.435 e. The molecule has 0 aliphatic carbocycles. The Kier molecular flexibility index (Phi) is 8.47. The average molecular weight is 586 g/mol. The highest BCUT2D eigenvalue weighted by Crippen LogP contribution is 2.44. The van der Waals surface area contributed by atoms with Gasteiger partial charge in [-0.15, -0.1) is 11.3 Å². The molecule has 0 aliphatic rings. The molecule has 0 amide bonds. The zero-order valence-corrected chi connectivity index (χ0v) is 23.5. The number of nitrogens with zero attached hydrogens (tertiary/aromatic N) is 5. The number of aromatic nitrogens is 4. The number of halogens is 2. The van der Waals surface area contributed by atoms with E-state index in [4.69, 9.17) is 19.7 Å². The SMILES string of the molecule is Cc1cccc(C(=O)OCOC(Cn2cncn2)(c2ccc(F)cc2F)[C@@H](C)c2nc(-c3ccc(C#N)cc3)cs2)c1. The molecule has 0 aliphatic heterocycles. The fourth-order valence-electron chi connectivity index (χ4n) is 4.67. The van der Waals surface area contributed by atoms with Crippen molar-refractivity contribution in [2.24, 2.45) is 0 Å². The van der Waals surface area contributed by atoms with E-state index in [1.54, 1.807) is 42.5 Å². The van der Waals surface area contributed by atoms with Crippen molar-refractivity contribution in [1.29, 1.82) is 5.26 Å². The molecule has 0 fully saturated rings. The van der Waals surface area contributed by atoms with Gasteiger partial charge in [-0.05, 0) is 37.3 Å². The second-order valence-electron chi connectivity index (χ2n) is 9.65. The van der Waals surface area contributed by atoms with Gasteiger partial charge >= 0.3 is 5.97 Å². The van der Waals surface area contributed by atoms with E-state index >= 15 is 4.39 Å². The van der Waals surface area contributed by atoms with Crippen molar-refractivity contribution in [3.63, 3.8) is 0 Å². The van der Waals surface area contributed by atoms with Crippen molar-refractivity contribution >= 4 is 17.3 Å². The van der Waals surface area contributed by atoms with E-state index in [1.807, 2.05) is 25.3 Å². The van der Waals surface area contributed by atoms with Crippen molar-refractivity contribution in [3.05, 3.63) is 124 Å². The molecule has 0 spiro atoms. The topological polar surface area (TPSA) is 103 Å². The zero-order valence-electron chi connectivity index (χ0n) is 22.7. The van der Waals surface area contributed by atoms with Crippen LogP contribution in [0, 0.1) is 29.9 Å². The third-order valence-corrected chi connectivity index (χ3v) is 7.94. The molecular formula is C31H25F2N5O3S. The predicted octanol–water partition coefficient (Wildman–Crippen LogP) is 6.39. The van der Waals surface area contributed by atoms with Crippen LogP contribution < -0.4 is 0 Å². The van der Waals surface area contributed by atoms with E-state index in [-0.39, 0.29) is 12.1 Å². The predicted molar refractivity (Wildman–Crippen MR) is 151 cm³/mol. The molecule has 5 rings (SSSR count). The number of benzene rings is 3. The molecule has 8 nitrogen and oxygen atoms in total. The first-order valence-corrected chi connectivity index (χ1v) is 13.8. The lowest BCUT2D eigenvalue weighted by atomic mass is 9.81. The van der Waals surface area contributed by atoms with Gasteiger partial charge in [0.2, 0.25) is 0 Å². The molecule has 0 saturated heterocycles. The van der Waals surface area contributed by atoms with Gasteiger partial charge in [-0.3, -0.25) is 0 Å². The molecule has 3 aromatic carbocycles. The van der Waals surface area contributed by atoms with Gasteiger partial charge < -0.3 is 9.47 Å². The van der Waals surface area contributed by atoms with Crippen molar-refractivity contribution in [1.82, 2.24) is 19.7 Å². The average Bonchev–Trinajstić information content (AvgIpc) is 3.69. The van der Waals surface area contributed by atoms with Crippen LogP contribution >= 0.6 is 11.3 Å². The molecule has 11 heteroatoms. The summed E-state index contributed by atoms with van der Waals surface area (Å²) in [4.78, 5) is 21.6. The van der Waals surface area contributed by atoms with Crippen molar-refractivity contribution in [2.45, 2.75) is 31.9 Å². The van der Waals surface area contributed by atoms with E-state index in [0.29, 0.717) is 21.8 Å². The van der Waals surface area contributed by atoms with Gasteiger partial charge in [0.25, 0.3) is 0 Å². The van der Waals surface area contributed by atoms with Crippen molar-refractivity contribution in [2.75, 3.05) is 6.79 Å². The maximum absolute atomic E-state index is 15.6. The maximum Gasteiger partial charge on any atom is 0.340 e. The molecule has 0 saturated carbocycles. The summed E-state index contributed by atoms with van der Waals surface area (Å²) in [5.74, 6) is -2.84. The Balaban J connectivity index is 1.53. The summed E-state index contributed by atoms with van der Waals surface area (Å²) < 4.78 is 42.9. The number of nitriles is 1. The summed E-state index contributed by atoms with van der Waals surface area (Å²) in [5, 5.41) is 15.8. The van der Waals surface area contributed by atoms with Crippen LogP contribution in [0.5, 0.6) is 0 Å². The summed E-state index contributed by atoms with van der Waals surface area (Å²) in [6, 6.07) is 19.2. The summed E-state index contributed by atoms with van der Waals surface area (Å²) in [6.45, 7) is 3.08. The van der Waals surface area contributed by atoms with Crippen LogP contribution in [0.1, 0.15) is 44.9 Å². The summed E-state index contributed by atoms with van der Waals surface area (Å²) >= 11 is 1.34. The fourth-order valence-corrected chi connectivity index (χ4v) is 5.64. The quantitative estimate of drug-likeness (QED) is 0.138. The monoisotopic (exact) mass is 585 g/mol. The first kappa shape index (κ1) is 28.7. The summed E-state index contributed by atoms with van der Waals surface area (Å²) in [7, 11) is 0. The Morgan fingerprint density at radius 3 is 2.64 bits per heavy atom. The molecule has 0 N–H and O–H groups in total. The van der Waals surface area contributed by atoms with Gasteiger partial charge in [0.15, 0.2) is 6.79 Å². The van der Waals surface area contributed by atoms with Crippen LogP contribution in [0.25, 0.3) is 11.3 Å². The Bertz CT molecular complexity index is 1730. The van der Waals surface area contributed by atoms with Crippen LogP contribution in [0.3, 0.4) is 0 Å². The number of ether oxygens (including phenoxy) is 2. The van der Waals surface area contributed by atoms with Crippen LogP contribution in [-0.4, -0.2) is 32.5 Å². The summed E-state index contributed by atoms with van der Waals surface area (Å²) in [6.07, 6.45) is 2.79. The first-order valence-electron chi connectivity index (χ1n) is 12.9. The first-order chi connectivity index (χ1) is 20.3. The minimum absolute atomic E-state index is 0.0358. The molecule has 0 radical (unpaired) electrons. The number of hydrogen-bond donors (Lipinski definition) is 0. The number of esters is 1. The van der Waals surface area contributed by atoms with Crippen LogP contribution in [-0.2, 0) is 21.6 Å². The van der Waals surface area contributed by atoms with Gasteiger partial charge in [-0.1, -0.05) is 42.8 Å². The molecule has 2 atom stereocenters. The smallest absolute Gasteiger partial charge is 0.340 e. The highest BCUT2D eigenvalue weighted by Gasteiger charge is 2.45. The Morgan fingerprint density at radius 1 is 1.14 bits per heavy atom. The third-order valence-electron chi connectivity index (χ3n) is 6.91. The number of aryl methyl sites for hydroxylation is 1. The van der Waals surface area contributed by atoms with Gasteiger partial charge in [-0.25, -0.2) is 28.2 Å². The Morgan fingerprint density at radius 2 is 1.95 bits per heavy atom. The van der Waals surface area contributed by atoms with Gasteiger partial charge in [0.05, 0.1) is 34.4 Å². The fraction of sp³-hybridized carbons (Fsp3) is 0.194. The van der Waals surface area contributed by atoms with Crippen LogP contribution in [0.4, 0.5) is 8.78 Å². The van der Waals surface area contributed by atoms with E-state index in [1.165, 1.54) is 34.7 Å². The minimum atomic E-state index is -1.56. The van der Waals surface area contributed by atoms with Gasteiger partial charge in [0.1, 0.15) is 29.9 Å². The maximum atomic E-state index is 15.6. The summed E-state index contributed by atoms with van der Waals surface area (Å²) in [5.41, 5.74) is 1.68. The van der Waals surface area contributed by atoms with Crippen LogP contribution in [0.2, 0.25) is 0 Å². The number of thiazole rings is 1. The van der Waals surface area contributed by atoms with E-state index in [2.05, 4.69) is 16.2 Å². The molecule has 0 bridgehead atoms. The van der Waals surface area contributed by atoms with Gasteiger partial charge in [-0.2, -0.15) is 10.4 Å². The molecular weight excluding hydrogens is 560 g/mol. The minimum Gasteiger partial charge on any atom is -0.435 e. The normalized spacial score (nSPS) is 13.2. The molecule has 42 heavy (non-hydrogen) atoms. The highest BCUT2D eigenvalue weighted by atomic mass is 32.1. The number of carbonyl (C=O) groups excluding carboxylic acids is 1. The Hall–Kier alpha value is -4.79. The second kappa shape index (κ2) is 12.4. The molecule has 2 heterocycles. The Labute approximate surface area is 244 Å². The van der Waals surface area contributed by atoms with E-state index < -0.39 is 35.9 Å². The van der Waals surface area contributed by atoms with Crippen molar-refractivity contribution < 1.29 is 23.0 Å². The second-order valence-corrected chi connectivity index (χ2v) is 10.5. The molecule has 1 unspecified atom stereocenters. The lowest BCUT2D eigenvalue weighted by molar-refractivity contribution is -0.148. The van der Waals surface area contributed by atoms with Crippen LogP contribution in [0.15, 0.2) is 84.8 Å². The van der Waals surface area contributed by atoms with E-state index in [9.17, 15) is 9.18 Å². The van der Waals surface area contributed by atoms with Gasteiger partial charge in [0, 0.05) is 28.5 Å². The number of hydrogen-bond acceptors (Lipinski definition) is 8. The number of rotatable bonds is 10. The zero-order chi connectivity index (χ0) is 29.7. The third kappa shape index (κ3) is 6.10. The number of carbonyl (C=O) groups is 1. The molecule has 2 aromatic heterocycles. The van der Waals surface area contributed by atoms with Crippen molar-refractivity contribution in [3.8, 4) is 17.3 Å². The molecule has 5 aromatic rings. The standard InChI is InChI=1S/C31H25F2N5O3S/c1-20-4-3-5-24(12-20)30(39)40-19-41-31(16-38-18-35-17-36-38,26-11-10-25(32)13-27(26)33)21(2)29-37-28(15-42-29)23-8-6-22(14-34)7-9-23/h3-13,15,17-18,21H,16,19H2,1-2H3/t21-,31?/m0/s1.